The molecular formula is C10H6N4O3S2. The minimum Gasteiger partial charge on any atom is -0.481 e. The molecule has 0 amide bonds. The molecule has 0 saturated heterocycles. The number of fused-ring (bicyclic) bond motifs is 1. The number of aliphatic carboxylic acids is 1. The Kier molecular flexibility index (Phi) is 2.84. The summed E-state index contributed by atoms with van der Waals surface area (Å²) in [7, 11) is 0. The first-order valence-electron chi connectivity index (χ1n) is 5.16. The molecule has 0 atom stereocenters. The first-order valence-corrected chi connectivity index (χ1v) is 6.86. The maximum absolute atomic E-state index is 12.2. The van der Waals surface area contributed by atoms with Crippen molar-refractivity contribution in [3.05, 3.63) is 32.9 Å². The van der Waals surface area contributed by atoms with Crippen molar-refractivity contribution in [1.82, 2.24) is 19.8 Å². The molecule has 0 spiro atoms. The van der Waals surface area contributed by atoms with Crippen molar-refractivity contribution in [2.24, 2.45) is 0 Å². The minimum absolute atomic E-state index is 0.222. The smallest absolute Gasteiger partial charge is 0.310 e. The van der Waals surface area contributed by atoms with Crippen molar-refractivity contribution in [3.8, 4) is 10.6 Å². The Balaban J connectivity index is 2.17. The number of nitrogens with zero attached hydrogens (tertiary/aromatic N) is 4. The number of thiophene rings is 1. The average Bonchev–Trinajstić information content (AvgIpc) is 2.97. The van der Waals surface area contributed by atoms with Crippen LogP contribution in [0.2, 0.25) is 0 Å². The number of aromatic nitrogens is 4. The van der Waals surface area contributed by atoms with Crippen LogP contribution in [0.3, 0.4) is 0 Å². The first kappa shape index (κ1) is 11.9. The Morgan fingerprint density at radius 2 is 2.26 bits per heavy atom. The van der Waals surface area contributed by atoms with Crippen LogP contribution in [0.1, 0.15) is 5.01 Å². The lowest BCUT2D eigenvalue weighted by molar-refractivity contribution is -0.136. The predicted molar refractivity (Wildman–Crippen MR) is 69.6 cm³/mol. The molecule has 0 saturated carbocycles. The molecule has 19 heavy (non-hydrogen) atoms. The molecule has 3 rings (SSSR count). The maximum atomic E-state index is 12.2. The van der Waals surface area contributed by atoms with Gasteiger partial charge in [-0.05, 0) is 11.4 Å². The molecule has 0 aliphatic carbocycles. The fraction of sp³-hybridized carbons (Fsp3) is 0.100. The summed E-state index contributed by atoms with van der Waals surface area (Å²) in [6, 6.07) is 3.58. The summed E-state index contributed by atoms with van der Waals surface area (Å²) in [5, 5.41) is 22.6. The van der Waals surface area contributed by atoms with Crippen LogP contribution in [-0.2, 0) is 11.2 Å². The second kappa shape index (κ2) is 4.52. The van der Waals surface area contributed by atoms with E-state index < -0.39 is 5.97 Å². The van der Waals surface area contributed by atoms with Gasteiger partial charge < -0.3 is 5.11 Å². The molecule has 3 heterocycles. The molecule has 1 N–H and O–H groups in total. The first-order chi connectivity index (χ1) is 9.15. The fourth-order valence-corrected chi connectivity index (χ4v) is 3.04. The number of carboxylic acid groups (broad SMARTS) is 1. The third kappa shape index (κ3) is 2.13. The lowest BCUT2D eigenvalue weighted by atomic mass is 10.4. The van der Waals surface area contributed by atoms with Gasteiger partial charge in [0.05, 0.1) is 11.3 Å². The topological polar surface area (TPSA) is 97.4 Å². The second-order valence-corrected chi connectivity index (χ2v) is 5.58. The zero-order chi connectivity index (χ0) is 13.4. The van der Waals surface area contributed by atoms with E-state index in [9.17, 15) is 9.59 Å². The fourth-order valence-electron chi connectivity index (χ4n) is 1.52. The highest BCUT2D eigenvalue weighted by Crippen LogP contribution is 2.19. The highest BCUT2D eigenvalue weighted by Gasteiger charge is 2.15. The maximum Gasteiger partial charge on any atom is 0.310 e. The van der Waals surface area contributed by atoms with Gasteiger partial charge in [-0.15, -0.1) is 21.5 Å². The van der Waals surface area contributed by atoms with Gasteiger partial charge in [-0.3, -0.25) is 9.59 Å². The molecule has 0 aromatic carbocycles. The van der Waals surface area contributed by atoms with Gasteiger partial charge in [-0.2, -0.15) is 9.61 Å². The molecule has 9 heteroatoms. The molecule has 0 aliphatic heterocycles. The Labute approximate surface area is 113 Å². The van der Waals surface area contributed by atoms with E-state index in [1.165, 1.54) is 11.3 Å². The highest BCUT2D eigenvalue weighted by molar-refractivity contribution is 7.16. The van der Waals surface area contributed by atoms with Crippen LogP contribution in [-0.4, -0.2) is 30.9 Å². The van der Waals surface area contributed by atoms with Gasteiger partial charge in [0.1, 0.15) is 5.01 Å². The van der Waals surface area contributed by atoms with Crippen LogP contribution in [0.25, 0.3) is 15.5 Å². The number of hydrogen-bond acceptors (Lipinski definition) is 7. The zero-order valence-corrected chi connectivity index (χ0v) is 10.9. The molecule has 0 unspecified atom stereocenters. The van der Waals surface area contributed by atoms with Crippen molar-refractivity contribution < 1.29 is 9.90 Å². The van der Waals surface area contributed by atoms with Gasteiger partial charge in [-0.25, -0.2) is 0 Å². The molecule has 0 radical (unpaired) electrons. The van der Waals surface area contributed by atoms with Crippen LogP contribution < -0.4 is 5.56 Å². The largest absolute Gasteiger partial charge is 0.481 e. The number of hydrogen-bond donors (Lipinski definition) is 1. The van der Waals surface area contributed by atoms with Crippen LogP contribution >= 0.6 is 22.7 Å². The van der Waals surface area contributed by atoms with Crippen molar-refractivity contribution in [2.75, 3.05) is 0 Å². The molecule has 96 valence electrons. The third-order valence-corrected chi connectivity index (χ3v) is 4.06. The lowest BCUT2D eigenvalue weighted by Gasteiger charge is -1.94. The quantitative estimate of drug-likeness (QED) is 0.771. The number of carboxylic acids is 1. The summed E-state index contributed by atoms with van der Waals surface area (Å²) >= 11 is 2.43. The lowest BCUT2D eigenvalue weighted by Crippen LogP contribution is -2.18. The van der Waals surface area contributed by atoms with E-state index in [1.807, 2.05) is 11.4 Å². The molecule has 7 nitrogen and oxygen atoms in total. The van der Waals surface area contributed by atoms with Crippen molar-refractivity contribution in [2.45, 2.75) is 6.42 Å². The van der Waals surface area contributed by atoms with E-state index in [2.05, 4.69) is 15.3 Å². The van der Waals surface area contributed by atoms with E-state index in [-0.39, 0.29) is 17.7 Å². The van der Waals surface area contributed by atoms with Gasteiger partial charge in [0.25, 0.3) is 0 Å². The summed E-state index contributed by atoms with van der Waals surface area (Å²) in [6.45, 7) is 0. The summed E-state index contributed by atoms with van der Waals surface area (Å²) in [4.78, 5) is 23.8. The van der Waals surface area contributed by atoms with Gasteiger partial charge in [-0.1, -0.05) is 17.4 Å². The zero-order valence-electron chi connectivity index (χ0n) is 9.31. The Hall–Kier alpha value is -2.13. The Bertz CT molecular complexity index is 806. The van der Waals surface area contributed by atoms with Crippen LogP contribution in [0.5, 0.6) is 0 Å². The Morgan fingerprint density at radius 3 is 2.95 bits per heavy atom. The molecule has 0 fully saturated rings. The summed E-state index contributed by atoms with van der Waals surface area (Å²) < 4.78 is 1.10. The normalized spacial score (nSPS) is 10.9. The van der Waals surface area contributed by atoms with Crippen molar-refractivity contribution in [3.63, 3.8) is 0 Å². The third-order valence-electron chi connectivity index (χ3n) is 2.29. The molecule has 0 aliphatic rings. The standard InChI is InChI=1S/C10H6N4O3S2/c15-7(16)4-6-13-14-9(17)8(5-2-1-3-18-5)11-12-10(14)19-6/h1-3H,4H2,(H,15,16). The predicted octanol–water partition coefficient (Wildman–Crippen LogP) is 0.902. The molecule has 0 bridgehead atoms. The highest BCUT2D eigenvalue weighted by atomic mass is 32.1. The molecule has 3 aromatic heterocycles. The van der Waals surface area contributed by atoms with E-state index in [0.717, 1.165) is 15.9 Å². The van der Waals surface area contributed by atoms with Crippen molar-refractivity contribution in [1.29, 1.82) is 0 Å². The molecular weight excluding hydrogens is 288 g/mol. The second-order valence-electron chi connectivity index (χ2n) is 3.59. The van der Waals surface area contributed by atoms with Gasteiger partial charge in [0.15, 0.2) is 5.69 Å². The van der Waals surface area contributed by atoms with E-state index in [0.29, 0.717) is 14.8 Å². The minimum atomic E-state index is -1.00. The average molecular weight is 294 g/mol. The van der Waals surface area contributed by atoms with Crippen LogP contribution in [0.15, 0.2) is 22.3 Å². The number of carbonyl (C=O) groups is 1. The Morgan fingerprint density at radius 1 is 1.42 bits per heavy atom. The monoisotopic (exact) mass is 294 g/mol. The molecule has 3 aromatic rings. The summed E-state index contributed by atoms with van der Waals surface area (Å²) in [5.74, 6) is -1.00. The van der Waals surface area contributed by atoms with Gasteiger partial charge in [0, 0.05) is 0 Å². The van der Waals surface area contributed by atoms with Crippen LogP contribution in [0, 0.1) is 0 Å². The van der Waals surface area contributed by atoms with Crippen molar-refractivity contribution >= 4 is 33.6 Å². The van der Waals surface area contributed by atoms with E-state index in [4.69, 9.17) is 5.11 Å². The van der Waals surface area contributed by atoms with Gasteiger partial charge in [0.2, 0.25) is 4.96 Å². The van der Waals surface area contributed by atoms with Crippen LogP contribution in [0.4, 0.5) is 0 Å². The summed E-state index contributed by atoms with van der Waals surface area (Å²) in [6.07, 6.45) is -0.234. The number of rotatable bonds is 3. The van der Waals surface area contributed by atoms with E-state index in [1.54, 1.807) is 6.07 Å². The van der Waals surface area contributed by atoms with Gasteiger partial charge >= 0.3 is 11.5 Å². The SMILES string of the molecule is O=C(O)Cc1nn2c(=O)c(-c3cccs3)nnc2s1. The van der Waals surface area contributed by atoms with E-state index >= 15 is 0 Å². The summed E-state index contributed by atoms with van der Waals surface area (Å²) in [5.41, 5.74) is -0.167.